The quantitative estimate of drug-likeness (QED) is 0.211. The number of ether oxygens (including phenoxy) is 2. The minimum absolute atomic E-state index is 0.127. The molecular weight excluding hydrogens is 372 g/mol. The Kier molecular flexibility index (Phi) is 11.0. The molecule has 0 aromatic carbocycles. The Morgan fingerprint density at radius 1 is 0.690 bits per heavy atom. The van der Waals surface area contributed by atoms with E-state index in [0.29, 0.717) is 44.3 Å². The Morgan fingerprint density at radius 3 is 1.48 bits per heavy atom. The lowest BCUT2D eigenvalue weighted by molar-refractivity contribution is -0.150. The molecule has 2 saturated heterocycles. The SMILES string of the molecule is O=C(O)CCCCC(CCCCCCC1CO1)(CCCCCCC1CO1)C(=O)O. The summed E-state index contributed by atoms with van der Waals surface area (Å²) in [4.78, 5) is 23.0. The Hall–Kier alpha value is -1.14. The van der Waals surface area contributed by atoms with Crippen molar-refractivity contribution in [2.45, 2.75) is 115 Å². The van der Waals surface area contributed by atoms with Crippen LogP contribution < -0.4 is 0 Å². The fourth-order valence-electron chi connectivity index (χ4n) is 4.28. The Labute approximate surface area is 175 Å². The molecule has 0 bridgehead atoms. The lowest BCUT2D eigenvalue weighted by atomic mass is 9.74. The summed E-state index contributed by atoms with van der Waals surface area (Å²) in [7, 11) is 0. The lowest BCUT2D eigenvalue weighted by Gasteiger charge is -2.30. The molecule has 29 heavy (non-hydrogen) atoms. The van der Waals surface area contributed by atoms with Gasteiger partial charge in [-0.25, -0.2) is 0 Å². The smallest absolute Gasteiger partial charge is 0.309 e. The van der Waals surface area contributed by atoms with E-state index in [4.69, 9.17) is 14.6 Å². The van der Waals surface area contributed by atoms with E-state index in [1.165, 1.54) is 0 Å². The highest BCUT2D eigenvalue weighted by molar-refractivity contribution is 5.74. The van der Waals surface area contributed by atoms with E-state index in [1.807, 2.05) is 0 Å². The average Bonchev–Trinajstić information content (AvgIpc) is 3.58. The first-order chi connectivity index (χ1) is 14.0. The van der Waals surface area contributed by atoms with Crippen LogP contribution in [0.25, 0.3) is 0 Å². The van der Waals surface area contributed by atoms with Gasteiger partial charge in [0.15, 0.2) is 0 Å². The zero-order valence-electron chi connectivity index (χ0n) is 17.9. The molecule has 0 spiro atoms. The second kappa shape index (κ2) is 13.2. The molecule has 6 heteroatoms. The molecule has 6 nitrogen and oxygen atoms in total. The molecule has 2 N–H and O–H groups in total. The van der Waals surface area contributed by atoms with E-state index in [0.717, 1.165) is 77.4 Å². The first-order valence-electron chi connectivity index (χ1n) is 11.7. The van der Waals surface area contributed by atoms with Gasteiger partial charge in [0, 0.05) is 6.42 Å². The number of carboxylic acid groups (broad SMARTS) is 2. The van der Waals surface area contributed by atoms with Crippen LogP contribution in [-0.2, 0) is 19.1 Å². The Balaban J connectivity index is 1.71. The first kappa shape index (κ1) is 24.1. The number of hydrogen-bond acceptors (Lipinski definition) is 4. The van der Waals surface area contributed by atoms with Gasteiger partial charge >= 0.3 is 11.9 Å². The maximum atomic E-state index is 12.2. The first-order valence-corrected chi connectivity index (χ1v) is 11.7. The monoisotopic (exact) mass is 412 g/mol. The normalized spacial score (nSPS) is 22.2. The summed E-state index contributed by atoms with van der Waals surface area (Å²) in [6.07, 6.45) is 15.2. The third-order valence-corrected chi connectivity index (χ3v) is 6.42. The van der Waals surface area contributed by atoms with E-state index >= 15 is 0 Å². The fourth-order valence-corrected chi connectivity index (χ4v) is 4.28. The molecule has 2 aliphatic rings. The van der Waals surface area contributed by atoms with Crippen molar-refractivity contribution in [3.05, 3.63) is 0 Å². The Bertz CT molecular complexity index is 460. The van der Waals surface area contributed by atoms with Gasteiger partial charge in [-0.2, -0.15) is 0 Å². The van der Waals surface area contributed by atoms with Crippen LogP contribution in [0.1, 0.15) is 103 Å². The van der Waals surface area contributed by atoms with Crippen molar-refractivity contribution in [1.82, 2.24) is 0 Å². The van der Waals surface area contributed by atoms with Gasteiger partial charge in [-0.1, -0.05) is 57.8 Å². The summed E-state index contributed by atoms with van der Waals surface area (Å²) in [6.45, 7) is 1.82. The minimum atomic E-state index is -0.801. The standard InChI is InChI=1S/C23H40O6/c24-21(25)13-7-10-16-23(22(26)27,14-8-3-1-5-11-19-17-28-19)15-9-4-2-6-12-20-18-29-20/h19-20H,1-18H2,(H,24,25)(H,26,27). The molecule has 0 aromatic rings. The molecule has 2 rings (SSSR count). The highest BCUT2D eigenvalue weighted by Gasteiger charge is 2.36. The highest BCUT2D eigenvalue weighted by atomic mass is 16.6. The van der Waals surface area contributed by atoms with Gasteiger partial charge < -0.3 is 19.7 Å². The summed E-state index contributed by atoms with van der Waals surface area (Å²) < 4.78 is 10.5. The second-order valence-electron chi connectivity index (χ2n) is 9.00. The molecule has 0 radical (unpaired) electrons. The van der Waals surface area contributed by atoms with Crippen molar-refractivity contribution in [2.24, 2.45) is 5.41 Å². The lowest BCUT2D eigenvalue weighted by Crippen LogP contribution is -2.31. The van der Waals surface area contributed by atoms with E-state index < -0.39 is 17.4 Å². The van der Waals surface area contributed by atoms with Crippen LogP contribution in [0.4, 0.5) is 0 Å². The number of aliphatic carboxylic acids is 2. The van der Waals surface area contributed by atoms with E-state index in [2.05, 4.69) is 0 Å². The summed E-state index contributed by atoms with van der Waals surface area (Å²) in [5.74, 6) is -1.49. The van der Waals surface area contributed by atoms with Crippen LogP contribution in [0, 0.1) is 5.41 Å². The zero-order chi connectivity index (χ0) is 21.0. The van der Waals surface area contributed by atoms with Crippen LogP contribution in [0.2, 0.25) is 0 Å². The largest absolute Gasteiger partial charge is 0.481 e. The molecule has 2 fully saturated rings. The van der Waals surface area contributed by atoms with E-state index in [9.17, 15) is 14.7 Å². The van der Waals surface area contributed by atoms with Crippen LogP contribution in [-0.4, -0.2) is 47.6 Å². The van der Waals surface area contributed by atoms with Crippen molar-refractivity contribution in [3.8, 4) is 0 Å². The summed E-state index contributed by atoms with van der Waals surface area (Å²) >= 11 is 0. The number of rotatable bonds is 20. The Morgan fingerprint density at radius 2 is 1.10 bits per heavy atom. The van der Waals surface area contributed by atoms with Crippen molar-refractivity contribution in [3.63, 3.8) is 0 Å². The predicted molar refractivity (Wildman–Crippen MR) is 111 cm³/mol. The molecule has 0 saturated carbocycles. The second-order valence-corrected chi connectivity index (χ2v) is 9.00. The number of carboxylic acids is 2. The number of epoxide rings is 2. The topological polar surface area (TPSA) is 99.7 Å². The third kappa shape index (κ3) is 11.0. The molecule has 2 atom stereocenters. The minimum Gasteiger partial charge on any atom is -0.481 e. The molecular formula is C23H40O6. The summed E-state index contributed by atoms with van der Waals surface area (Å²) in [5, 5.41) is 18.9. The van der Waals surface area contributed by atoms with Gasteiger partial charge in [0.05, 0.1) is 30.8 Å². The predicted octanol–water partition coefficient (Wildman–Crippen LogP) is 5.18. The van der Waals surface area contributed by atoms with Gasteiger partial charge in [-0.15, -0.1) is 0 Å². The molecule has 0 aliphatic carbocycles. The van der Waals surface area contributed by atoms with Gasteiger partial charge in [0.1, 0.15) is 0 Å². The maximum absolute atomic E-state index is 12.2. The van der Waals surface area contributed by atoms with E-state index in [1.54, 1.807) is 0 Å². The summed E-state index contributed by atoms with van der Waals surface area (Å²) in [6, 6.07) is 0. The van der Waals surface area contributed by atoms with Gasteiger partial charge in [0.2, 0.25) is 0 Å². The van der Waals surface area contributed by atoms with Crippen molar-refractivity contribution in [2.75, 3.05) is 13.2 Å². The number of unbranched alkanes of at least 4 members (excludes halogenated alkanes) is 7. The van der Waals surface area contributed by atoms with E-state index in [-0.39, 0.29) is 6.42 Å². The zero-order valence-corrected chi connectivity index (χ0v) is 17.9. The molecule has 168 valence electrons. The van der Waals surface area contributed by atoms with Crippen molar-refractivity contribution < 1.29 is 29.3 Å². The molecule has 0 amide bonds. The molecule has 2 heterocycles. The third-order valence-electron chi connectivity index (χ3n) is 6.42. The fraction of sp³-hybridized carbons (Fsp3) is 0.913. The van der Waals surface area contributed by atoms with Gasteiger partial charge in [0.25, 0.3) is 0 Å². The average molecular weight is 413 g/mol. The van der Waals surface area contributed by atoms with Crippen molar-refractivity contribution >= 4 is 11.9 Å². The maximum Gasteiger partial charge on any atom is 0.309 e. The number of carbonyl (C=O) groups is 2. The van der Waals surface area contributed by atoms with Gasteiger partial charge in [-0.05, 0) is 38.5 Å². The van der Waals surface area contributed by atoms with Crippen LogP contribution in [0.3, 0.4) is 0 Å². The highest BCUT2D eigenvalue weighted by Crippen LogP contribution is 2.38. The molecule has 2 unspecified atom stereocenters. The van der Waals surface area contributed by atoms with Gasteiger partial charge in [-0.3, -0.25) is 9.59 Å². The van der Waals surface area contributed by atoms with Crippen LogP contribution in [0.15, 0.2) is 0 Å². The molecule has 2 aliphatic heterocycles. The van der Waals surface area contributed by atoms with Crippen LogP contribution in [0.5, 0.6) is 0 Å². The summed E-state index contributed by atoms with van der Waals surface area (Å²) in [5.41, 5.74) is -0.683. The van der Waals surface area contributed by atoms with Crippen molar-refractivity contribution in [1.29, 1.82) is 0 Å². The molecule has 0 aromatic heterocycles. The van der Waals surface area contributed by atoms with Crippen LogP contribution >= 0.6 is 0 Å². The number of hydrogen-bond donors (Lipinski definition) is 2.